The smallest absolute Gasteiger partial charge is 0.232 e. The SMILES string of the molecule is C=CCNC(=S)NN=C1Nc2ccccc2C1=O. The third-order valence-electron chi connectivity index (χ3n) is 2.32. The molecule has 0 atom stereocenters. The van der Waals surface area contributed by atoms with Crippen LogP contribution in [0.1, 0.15) is 10.4 Å². The van der Waals surface area contributed by atoms with Gasteiger partial charge in [-0.15, -0.1) is 6.58 Å². The van der Waals surface area contributed by atoms with Crippen molar-refractivity contribution in [3.63, 3.8) is 0 Å². The highest BCUT2D eigenvalue weighted by Crippen LogP contribution is 2.22. The average molecular weight is 260 g/mol. The van der Waals surface area contributed by atoms with Crippen LogP contribution in [0.15, 0.2) is 42.0 Å². The minimum atomic E-state index is -0.148. The van der Waals surface area contributed by atoms with Crippen molar-refractivity contribution in [2.75, 3.05) is 11.9 Å². The molecule has 1 aromatic carbocycles. The van der Waals surface area contributed by atoms with Crippen LogP contribution in [0.3, 0.4) is 0 Å². The van der Waals surface area contributed by atoms with E-state index in [0.29, 0.717) is 17.2 Å². The minimum Gasteiger partial charge on any atom is -0.358 e. The molecule has 5 nitrogen and oxygen atoms in total. The fourth-order valence-electron chi connectivity index (χ4n) is 1.49. The first-order chi connectivity index (χ1) is 8.72. The van der Waals surface area contributed by atoms with Gasteiger partial charge in [-0.3, -0.25) is 10.2 Å². The van der Waals surface area contributed by atoms with E-state index in [4.69, 9.17) is 12.2 Å². The molecule has 0 saturated heterocycles. The number of nitrogens with zero attached hydrogens (tertiary/aromatic N) is 1. The van der Waals surface area contributed by atoms with E-state index in [0.717, 1.165) is 5.69 Å². The molecular formula is C12H12N4OS. The summed E-state index contributed by atoms with van der Waals surface area (Å²) in [6.45, 7) is 4.10. The topological polar surface area (TPSA) is 65.5 Å². The molecule has 1 aliphatic rings. The molecule has 1 aliphatic heterocycles. The van der Waals surface area contributed by atoms with Crippen LogP contribution in [-0.4, -0.2) is 23.3 Å². The van der Waals surface area contributed by atoms with Gasteiger partial charge in [0, 0.05) is 12.1 Å². The van der Waals surface area contributed by atoms with Crippen LogP contribution in [0.5, 0.6) is 0 Å². The molecule has 0 aromatic heterocycles. The molecule has 0 amide bonds. The fraction of sp³-hybridized carbons (Fsp3) is 0.0833. The van der Waals surface area contributed by atoms with Gasteiger partial charge in [-0.25, -0.2) is 0 Å². The third-order valence-corrected chi connectivity index (χ3v) is 2.55. The quantitative estimate of drug-likeness (QED) is 0.434. The zero-order valence-corrected chi connectivity index (χ0v) is 10.4. The largest absolute Gasteiger partial charge is 0.358 e. The Labute approximate surface area is 110 Å². The lowest BCUT2D eigenvalue weighted by atomic mass is 10.1. The lowest BCUT2D eigenvalue weighted by Gasteiger charge is -2.04. The number of hydrogen-bond acceptors (Lipinski definition) is 3. The van der Waals surface area contributed by atoms with Crippen LogP contribution in [0.2, 0.25) is 0 Å². The van der Waals surface area contributed by atoms with Crippen LogP contribution >= 0.6 is 12.2 Å². The lowest BCUT2D eigenvalue weighted by Crippen LogP contribution is -2.33. The Balaban J connectivity index is 2.03. The third kappa shape index (κ3) is 2.54. The Morgan fingerprint density at radius 1 is 1.50 bits per heavy atom. The molecular weight excluding hydrogens is 248 g/mol. The number of rotatable bonds is 3. The van der Waals surface area contributed by atoms with E-state index in [1.54, 1.807) is 12.1 Å². The highest BCUT2D eigenvalue weighted by molar-refractivity contribution is 7.80. The van der Waals surface area contributed by atoms with Crippen molar-refractivity contribution in [2.45, 2.75) is 0 Å². The summed E-state index contributed by atoms with van der Waals surface area (Å²) in [6, 6.07) is 7.24. The molecule has 18 heavy (non-hydrogen) atoms. The van der Waals surface area contributed by atoms with Gasteiger partial charge in [0.25, 0.3) is 0 Å². The van der Waals surface area contributed by atoms with E-state index in [2.05, 4.69) is 27.7 Å². The predicted molar refractivity (Wildman–Crippen MR) is 75.8 cm³/mol. The molecule has 0 unspecified atom stereocenters. The Kier molecular flexibility index (Phi) is 3.69. The normalized spacial score (nSPS) is 14.9. The number of para-hydroxylation sites is 1. The number of anilines is 1. The summed E-state index contributed by atoms with van der Waals surface area (Å²) < 4.78 is 0. The summed E-state index contributed by atoms with van der Waals surface area (Å²) in [5.41, 5.74) is 3.97. The summed E-state index contributed by atoms with van der Waals surface area (Å²) in [6.07, 6.45) is 1.68. The number of nitrogens with one attached hydrogen (secondary N) is 3. The Hall–Kier alpha value is -2.21. The maximum Gasteiger partial charge on any atom is 0.232 e. The Morgan fingerprint density at radius 3 is 3.00 bits per heavy atom. The minimum absolute atomic E-state index is 0.148. The molecule has 0 fully saturated rings. The van der Waals surface area contributed by atoms with Crippen LogP contribution < -0.4 is 16.1 Å². The van der Waals surface area contributed by atoms with Gasteiger partial charge in [-0.2, -0.15) is 5.10 Å². The predicted octanol–water partition coefficient (Wildman–Crippen LogP) is 1.26. The number of hydrazone groups is 1. The zero-order valence-electron chi connectivity index (χ0n) is 9.56. The number of Topliss-reactive ketones (excluding diaryl/α,β-unsaturated/α-hetero) is 1. The van der Waals surface area contributed by atoms with Crippen molar-refractivity contribution < 1.29 is 4.79 Å². The Bertz CT molecular complexity index is 539. The number of benzene rings is 1. The zero-order chi connectivity index (χ0) is 13.0. The average Bonchev–Trinajstić information content (AvgIpc) is 2.71. The second-order valence-corrected chi connectivity index (χ2v) is 3.98. The van der Waals surface area contributed by atoms with Crippen molar-refractivity contribution in [2.24, 2.45) is 5.10 Å². The van der Waals surface area contributed by atoms with Gasteiger partial charge < -0.3 is 10.6 Å². The molecule has 0 radical (unpaired) electrons. The first-order valence-corrected chi connectivity index (χ1v) is 5.76. The molecule has 0 saturated carbocycles. The number of ketones is 1. The molecule has 0 aliphatic carbocycles. The first kappa shape index (κ1) is 12.3. The highest BCUT2D eigenvalue weighted by Gasteiger charge is 2.25. The van der Waals surface area contributed by atoms with E-state index in [9.17, 15) is 4.79 Å². The number of thiocarbonyl (C=S) groups is 1. The van der Waals surface area contributed by atoms with Gasteiger partial charge in [0.1, 0.15) is 0 Å². The number of hydrogen-bond donors (Lipinski definition) is 3. The van der Waals surface area contributed by atoms with Crippen molar-refractivity contribution >= 4 is 34.6 Å². The molecule has 0 spiro atoms. The van der Waals surface area contributed by atoms with Crippen molar-refractivity contribution in [3.8, 4) is 0 Å². The van der Waals surface area contributed by atoms with E-state index in [1.165, 1.54) is 0 Å². The summed E-state index contributed by atoms with van der Waals surface area (Å²) in [5.74, 6) is 0.0866. The second-order valence-electron chi connectivity index (χ2n) is 3.57. The van der Waals surface area contributed by atoms with Crippen molar-refractivity contribution in [1.82, 2.24) is 10.7 Å². The summed E-state index contributed by atoms with van der Waals surface area (Å²) in [5, 5.41) is 10.1. The molecule has 2 rings (SSSR count). The van der Waals surface area contributed by atoms with Crippen LogP contribution in [-0.2, 0) is 0 Å². The van der Waals surface area contributed by atoms with Crippen LogP contribution in [0.4, 0.5) is 5.69 Å². The number of amidine groups is 1. The molecule has 3 N–H and O–H groups in total. The number of carbonyl (C=O) groups is 1. The summed E-state index contributed by atoms with van der Waals surface area (Å²) in [4.78, 5) is 11.9. The van der Waals surface area contributed by atoms with E-state index >= 15 is 0 Å². The number of fused-ring (bicyclic) bond motifs is 1. The first-order valence-electron chi connectivity index (χ1n) is 5.35. The monoisotopic (exact) mass is 260 g/mol. The van der Waals surface area contributed by atoms with Gasteiger partial charge in [0.15, 0.2) is 10.9 Å². The Morgan fingerprint density at radius 2 is 2.28 bits per heavy atom. The lowest BCUT2D eigenvalue weighted by molar-refractivity contribution is 0.106. The second kappa shape index (κ2) is 5.42. The highest BCUT2D eigenvalue weighted by atomic mass is 32.1. The molecule has 1 heterocycles. The standard InChI is InChI=1S/C12H12N4OS/c1-2-7-13-12(18)16-15-11-10(17)8-5-3-4-6-9(8)14-11/h2-6H,1,7H2,(H2,13,16,18)(H,14,15,17). The van der Waals surface area contributed by atoms with E-state index in [-0.39, 0.29) is 11.6 Å². The number of carbonyl (C=O) groups excluding carboxylic acids is 1. The molecule has 0 bridgehead atoms. The maximum atomic E-state index is 11.9. The van der Waals surface area contributed by atoms with E-state index < -0.39 is 0 Å². The maximum absolute atomic E-state index is 11.9. The fourth-order valence-corrected chi connectivity index (χ4v) is 1.62. The van der Waals surface area contributed by atoms with Gasteiger partial charge in [0.05, 0.1) is 5.69 Å². The van der Waals surface area contributed by atoms with Gasteiger partial charge in [0.2, 0.25) is 5.78 Å². The van der Waals surface area contributed by atoms with Crippen LogP contribution in [0, 0.1) is 0 Å². The van der Waals surface area contributed by atoms with Crippen molar-refractivity contribution in [1.29, 1.82) is 0 Å². The molecule has 92 valence electrons. The van der Waals surface area contributed by atoms with Crippen LogP contribution in [0.25, 0.3) is 0 Å². The van der Waals surface area contributed by atoms with Gasteiger partial charge in [-0.1, -0.05) is 18.2 Å². The van der Waals surface area contributed by atoms with E-state index in [1.807, 2.05) is 18.2 Å². The van der Waals surface area contributed by atoms with Crippen molar-refractivity contribution in [3.05, 3.63) is 42.5 Å². The van der Waals surface area contributed by atoms with Gasteiger partial charge in [-0.05, 0) is 24.4 Å². The van der Waals surface area contributed by atoms with Gasteiger partial charge >= 0.3 is 0 Å². The summed E-state index contributed by atoms with van der Waals surface area (Å²) >= 11 is 4.96. The molecule has 6 heteroatoms. The summed E-state index contributed by atoms with van der Waals surface area (Å²) in [7, 11) is 0. The molecule has 1 aromatic rings.